The first-order valence-electron chi connectivity index (χ1n) is 8.99. The highest BCUT2D eigenvalue weighted by Gasteiger charge is 2.10. The Balaban J connectivity index is 1.56. The number of hydrogen-bond donors (Lipinski definition) is 1. The first-order valence-corrected chi connectivity index (χ1v) is 10.7. The Morgan fingerprint density at radius 2 is 1.93 bits per heavy atom. The minimum Gasteiger partial charge on any atom is -0.494 e. The normalized spacial score (nSPS) is 10.5. The molecule has 2 aromatic carbocycles. The van der Waals surface area contributed by atoms with Gasteiger partial charge in [-0.25, -0.2) is 4.98 Å². The average molecular weight is 461 g/mol. The number of benzene rings is 2. The molecule has 0 bridgehead atoms. The number of carbonyl (C=O) groups is 1. The van der Waals surface area contributed by atoms with E-state index in [2.05, 4.69) is 33.2 Å². The van der Waals surface area contributed by atoms with Crippen molar-refractivity contribution in [1.29, 1.82) is 0 Å². The van der Waals surface area contributed by atoms with Gasteiger partial charge < -0.3 is 9.47 Å². The number of nitrogens with one attached hydrogen (secondary N) is 1. The van der Waals surface area contributed by atoms with Gasteiger partial charge in [-0.15, -0.1) is 11.3 Å². The van der Waals surface area contributed by atoms with Gasteiger partial charge in [-0.3, -0.25) is 10.1 Å². The van der Waals surface area contributed by atoms with Gasteiger partial charge in [0.25, 0.3) is 5.91 Å². The van der Waals surface area contributed by atoms with Gasteiger partial charge in [-0.2, -0.15) is 0 Å². The summed E-state index contributed by atoms with van der Waals surface area (Å²) in [5, 5.41) is 5.23. The third-order valence-corrected chi connectivity index (χ3v) is 5.35. The van der Waals surface area contributed by atoms with Crippen LogP contribution in [0.1, 0.15) is 19.4 Å². The molecule has 1 aromatic heterocycles. The molecule has 1 amide bonds. The zero-order chi connectivity index (χ0) is 19.9. The number of carbonyl (C=O) groups excluding carboxylic acids is 1. The Kier molecular flexibility index (Phi) is 7.06. The van der Waals surface area contributed by atoms with Crippen LogP contribution in [0.2, 0.25) is 0 Å². The lowest BCUT2D eigenvalue weighted by Crippen LogP contribution is -2.20. The standard InChI is InChI=1S/C21H21BrN2O3S/c1-3-14-5-10-19(17(22)11-14)27-12-20(25)24-21-23-18(13-28-21)15-6-8-16(9-7-15)26-4-2/h5-11,13H,3-4,12H2,1-2H3,(H,23,24,25). The van der Waals surface area contributed by atoms with Gasteiger partial charge in [-0.1, -0.05) is 13.0 Å². The van der Waals surface area contributed by atoms with Crippen molar-refractivity contribution in [3.8, 4) is 22.8 Å². The summed E-state index contributed by atoms with van der Waals surface area (Å²) in [6, 6.07) is 13.6. The minimum absolute atomic E-state index is 0.0813. The Labute approximate surface area is 176 Å². The lowest BCUT2D eigenvalue weighted by molar-refractivity contribution is -0.118. The van der Waals surface area contributed by atoms with Gasteiger partial charge in [-0.05, 0) is 71.2 Å². The molecule has 28 heavy (non-hydrogen) atoms. The fourth-order valence-electron chi connectivity index (χ4n) is 2.53. The van der Waals surface area contributed by atoms with Gasteiger partial charge in [0.1, 0.15) is 11.5 Å². The van der Waals surface area contributed by atoms with E-state index in [1.54, 1.807) is 0 Å². The van der Waals surface area contributed by atoms with Crippen LogP contribution >= 0.6 is 27.3 Å². The number of amides is 1. The number of hydrogen-bond acceptors (Lipinski definition) is 5. The molecule has 0 radical (unpaired) electrons. The molecule has 0 saturated carbocycles. The predicted octanol–water partition coefficient (Wildman–Crippen LogP) is 5.55. The smallest absolute Gasteiger partial charge is 0.264 e. The second-order valence-corrected chi connectivity index (χ2v) is 7.66. The molecule has 0 spiro atoms. The van der Waals surface area contributed by atoms with Crippen LogP contribution < -0.4 is 14.8 Å². The highest BCUT2D eigenvalue weighted by Crippen LogP contribution is 2.28. The minimum atomic E-state index is -0.251. The molecule has 0 aliphatic carbocycles. The van der Waals surface area contributed by atoms with Crippen molar-refractivity contribution in [1.82, 2.24) is 4.98 Å². The molecule has 0 fully saturated rings. The monoisotopic (exact) mass is 460 g/mol. The highest BCUT2D eigenvalue weighted by atomic mass is 79.9. The van der Waals surface area contributed by atoms with Crippen LogP contribution in [-0.4, -0.2) is 24.1 Å². The van der Waals surface area contributed by atoms with Gasteiger partial charge in [0.2, 0.25) is 0 Å². The van der Waals surface area contributed by atoms with Crippen LogP contribution in [0.5, 0.6) is 11.5 Å². The summed E-state index contributed by atoms with van der Waals surface area (Å²) >= 11 is 4.85. The van der Waals surface area contributed by atoms with E-state index in [0.717, 1.165) is 27.9 Å². The summed E-state index contributed by atoms with van der Waals surface area (Å²) in [4.78, 5) is 16.7. The summed E-state index contributed by atoms with van der Waals surface area (Å²) in [6.07, 6.45) is 0.945. The Hall–Kier alpha value is -2.38. The van der Waals surface area contributed by atoms with Crippen LogP contribution in [0.3, 0.4) is 0 Å². The molecular weight excluding hydrogens is 440 g/mol. The maximum absolute atomic E-state index is 12.2. The molecule has 1 heterocycles. The van der Waals surface area contributed by atoms with Crippen molar-refractivity contribution in [2.45, 2.75) is 20.3 Å². The molecule has 3 rings (SSSR count). The molecule has 0 aliphatic rings. The molecule has 5 nitrogen and oxygen atoms in total. The Morgan fingerprint density at radius 1 is 1.14 bits per heavy atom. The third-order valence-electron chi connectivity index (χ3n) is 3.97. The maximum Gasteiger partial charge on any atom is 0.264 e. The number of ether oxygens (including phenoxy) is 2. The van der Waals surface area contributed by atoms with Crippen LogP contribution in [0.25, 0.3) is 11.3 Å². The van der Waals surface area contributed by atoms with Crippen molar-refractivity contribution in [3.05, 3.63) is 57.9 Å². The van der Waals surface area contributed by atoms with Gasteiger partial charge in [0.05, 0.1) is 16.8 Å². The molecule has 0 aliphatic heterocycles. The summed E-state index contributed by atoms with van der Waals surface area (Å²) in [7, 11) is 0. The zero-order valence-electron chi connectivity index (χ0n) is 15.7. The fourth-order valence-corrected chi connectivity index (χ4v) is 3.81. The van der Waals surface area contributed by atoms with Gasteiger partial charge in [0.15, 0.2) is 11.7 Å². The van der Waals surface area contributed by atoms with Crippen LogP contribution in [0.4, 0.5) is 5.13 Å². The van der Waals surface area contributed by atoms with E-state index >= 15 is 0 Å². The largest absolute Gasteiger partial charge is 0.494 e. The Bertz CT molecular complexity index is 941. The van der Waals surface area contributed by atoms with Crippen molar-refractivity contribution in [3.63, 3.8) is 0 Å². The Morgan fingerprint density at radius 3 is 2.61 bits per heavy atom. The van der Waals surface area contributed by atoms with E-state index < -0.39 is 0 Å². The molecule has 0 saturated heterocycles. The molecule has 7 heteroatoms. The SMILES string of the molecule is CCOc1ccc(-c2csc(NC(=O)COc3ccc(CC)cc3Br)n2)cc1. The summed E-state index contributed by atoms with van der Waals surface area (Å²) in [5.41, 5.74) is 2.98. The summed E-state index contributed by atoms with van der Waals surface area (Å²) in [6.45, 7) is 4.59. The van der Waals surface area contributed by atoms with Gasteiger partial charge >= 0.3 is 0 Å². The number of aryl methyl sites for hydroxylation is 1. The van der Waals surface area contributed by atoms with Gasteiger partial charge in [0, 0.05) is 10.9 Å². The predicted molar refractivity (Wildman–Crippen MR) is 116 cm³/mol. The lowest BCUT2D eigenvalue weighted by atomic mass is 10.2. The molecule has 146 valence electrons. The quantitative estimate of drug-likeness (QED) is 0.478. The van der Waals surface area contributed by atoms with E-state index in [4.69, 9.17) is 9.47 Å². The fraction of sp³-hybridized carbons (Fsp3) is 0.238. The average Bonchev–Trinajstić information content (AvgIpc) is 3.16. The second kappa shape index (κ2) is 9.71. The summed E-state index contributed by atoms with van der Waals surface area (Å²) < 4.78 is 11.9. The number of anilines is 1. The molecular formula is C21H21BrN2O3S. The van der Waals surface area contributed by atoms with E-state index in [1.807, 2.05) is 54.8 Å². The van der Waals surface area contributed by atoms with Crippen molar-refractivity contribution >= 4 is 38.3 Å². The first kappa shape index (κ1) is 20.4. The number of aromatic nitrogens is 1. The second-order valence-electron chi connectivity index (χ2n) is 5.95. The van der Waals surface area contributed by atoms with Crippen LogP contribution in [0.15, 0.2) is 52.3 Å². The third kappa shape index (κ3) is 5.33. The van der Waals surface area contributed by atoms with E-state index in [0.29, 0.717) is 17.5 Å². The molecule has 1 N–H and O–H groups in total. The van der Waals surface area contributed by atoms with Crippen molar-refractivity contribution in [2.24, 2.45) is 0 Å². The summed E-state index contributed by atoms with van der Waals surface area (Å²) in [5.74, 6) is 1.21. The van der Waals surface area contributed by atoms with E-state index in [-0.39, 0.29) is 12.5 Å². The number of nitrogens with zero attached hydrogens (tertiary/aromatic N) is 1. The number of thiazole rings is 1. The van der Waals surface area contributed by atoms with Crippen LogP contribution in [-0.2, 0) is 11.2 Å². The first-order chi connectivity index (χ1) is 13.6. The van der Waals surface area contributed by atoms with E-state index in [1.165, 1.54) is 16.9 Å². The number of rotatable bonds is 8. The zero-order valence-corrected chi connectivity index (χ0v) is 18.1. The van der Waals surface area contributed by atoms with Crippen LogP contribution in [0, 0.1) is 0 Å². The molecule has 3 aromatic rings. The molecule has 0 unspecified atom stereocenters. The highest BCUT2D eigenvalue weighted by molar-refractivity contribution is 9.10. The van der Waals surface area contributed by atoms with E-state index in [9.17, 15) is 4.79 Å². The topological polar surface area (TPSA) is 60.5 Å². The maximum atomic E-state index is 12.2. The molecule has 0 atom stereocenters. The van der Waals surface area contributed by atoms with Crippen molar-refractivity contribution < 1.29 is 14.3 Å². The number of halogens is 1. The lowest BCUT2D eigenvalue weighted by Gasteiger charge is -2.09. The van der Waals surface area contributed by atoms with Crippen molar-refractivity contribution in [2.75, 3.05) is 18.5 Å².